The number of rotatable bonds is 8. The largest absolute Gasteiger partial charge is 0.496 e. The molecule has 146 valence electrons. The quantitative estimate of drug-likeness (QED) is 0.744. The van der Waals surface area contributed by atoms with Crippen LogP contribution in [0.1, 0.15) is 18.5 Å². The molecule has 2 rings (SSSR count). The van der Waals surface area contributed by atoms with E-state index in [-0.39, 0.29) is 23.5 Å². The minimum atomic E-state index is -3.49. The molecule has 0 radical (unpaired) electrons. The van der Waals surface area contributed by atoms with Crippen LogP contribution in [0.15, 0.2) is 53.4 Å². The highest BCUT2D eigenvalue weighted by molar-refractivity contribution is 7.89. The lowest BCUT2D eigenvalue weighted by Gasteiger charge is -2.17. The highest BCUT2D eigenvalue weighted by atomic mass is 32.2. The summed E-state index contributed by atoms with van der Waals surface area (Å²) in [6.07, 6.45) is 0. The van der Waals surface area contributed by atoms with Gasteiger partial charge in [0.15, 0.2) is 6.61 Å². The van der Waals surface area contributed by atoms with Gasteiger partial charge in [-0.1, -0.05) is 18.2 Å². The van der Waals surface area contributed by atoms with E-state index in [9.17, 15) is 13.2 Å². The van der Waals surface area contributed by atoms with Crippen LogP contribution in [0.25, 0.3) is 0 Å². The number of methoxy groups -OCH3 is 1. The van der Waals surface area contributed by atoms with E-state index < -0.39 is 10.0 Å². The average molecular weight is 392 g/mol. The molecule has 2 aromatic rings. The zero-order chi connectivity index (χ0) is 20.0. The molecule has 2 aromatic carbocycles. The van der Waals surface area contributed by atoms with Crippen LogP contribution < -0.4 is 14.8 Å². The number of amides is 1. The zero-order valence-electron chi connectivity index (χ0n) is 15.8. The molecule has 0 spiro atoms. The number of hydrogen-bond acceptors (Lipinski definition) is 5. The molecule has 7 nitrogen and oxygen atoms in total. The molecule has 0 bridgehead atoms. The normalized spacial score (nSPS) is 12.5. The summed E-state index contributed by atoms with van der Waals surface area (Å²) in [5.41, 5.74) is 0.867. The van der Waals surface area contributed by atoms with Crippen LogP contribution in [0.4, 0.5) is 0 Å². The first-order valence-corrected chi connectivity index (χ1v) is 9.77. The van der Waals surface area contributed by atoms with Gasteiger partial charge in [-0.2, -0.15) is 0 Å². The summed E-state index contributed by atoms with van der Waals surface area (Å²) in [5, 5.41) is 2.85. The van der Waals surface area contributed by atoms with Crippen molar-refractivity contribution in [3.63, 3.8) is 0 Å². The molecule has 1 amide bonds. The van der Waals surface area contributed by atoms with Crippen molar-refractivity contribution in [3.05, 3.63) is 54.1 Å². The lowest BCUT2D eigenvalue weighted by molar-refractivity contribution is -0.123. The average Bonchev–Trinajstić information content (AvgIpc) is 2.66. The van der Waals surface area contributed by atoms with E-state index in [1.165, 1.54) is 38.4 Å². The topological polar surface area (TPSA) is 84.9 Å². The number of nitrogens with zero attached hydrogens (tertiary/aromatic N) is 1. The summed E-state index contributed by atoms with van der Waals surface area (Å²) in [5.74, 6) is 0.815. The number of sulfonamides is 1. The van der Waals surface area contributed by atoms with Gasteiger partial charge in [-0.05, 0) is 37.3 Å². The standard InChI is InChI=1S/C19H24N2O5S/c1-14(17-7-5-6-8-18(17)25-4)20-19(22)13-26-15-9-11-16(12-10-15)27(23,24)21(2)3/h5-12,14H,13H2,1-4H3,(H,20,22). The molecular weight excluding hydrogens is 368 g/mol. The van der Waals surface area contributed by atoms with E-state index >= 15 is 0 Å². The molecular formula is C19H24N2O5S. The van der Waals surface area contributed by atoms with Gasteiger partial charge in [0, 0.05) is 19.7 Å². The van der Waals surface area contributed by atoms with Crippen molar-refractivity contribution in [2.75, 3.05) is 27.8 Å². The maximum Gasteiger partial charge on any atom is 0.258 e. The molecule has 0 fully saturated rings. The smallest absolute Gasteiger partial charge is 0.258 e. The number of hydrogen-bond donors (Lipinski definition) is 1. The van der Waals surface area contributed by atoms with Crippen LogP contribution in [0.5, 0.6) is 11.5 Å². The third kappa shape index (κ3) is 5.21. The Hall–Kier alpha value is -2.58. The molecule has 0 aliphatic carbocycles. The molecule has 1 atom stereocenters. The molecule has 0 aliphatic rings. The maximum atomic E-state index is 12.1. The molecule has 0 aliphatic heterocycles. The Labute approximate surface area is 160 Å². The second kappa shape index (κ2) is 8.88. The van der Waals surface area contributed by atoms with Crippen LogP contribution in [0.2, 0.25) is 0 Å². The van der Waals surface area contributed by atoms with Gasteiger partial charge in [0.25, 0.3) is 5.91 Å². The second-order valence-electron chi connectivity index (χ2n) is 6.08. The minimum Gasteiger partial charge on any atom is -0.496 e. The molecule has 1 N–H and O–H groups in total. The number of carbonyl (C=O) groups is 1. The van der Waals surface area contributed by atoms with Gasteiger partial charge >= 0.3 is 0 Å². The Kier molecular flexibility index (Phi) is 6.81. The monoisotopic (exact) mass is 392 g/mol. The lowest BCUT2D eigenvalue weighted by Crippen LogP contribution is -2.31. The Balaban J connectivity index is 1.94. The predicted octanol–water partition coefficient (Wildman–Crippen LogP) is 2.20. The van der Waals surface area contributed by atoms with Crippen molar-refractivity contribution >= 4 is 15.9 Å². The predicted molar refractivity (Wildman–Crippen MR) is 102 cm³/mol. The third-order valence-electron chi connectivity index (χ3n) is 3.96. The fraction of sp³-hybridized carbons (Fsp3) is 0.316. The first-order chi connectivity index (χ1) is 12.8. The summed E-state index contributed by atoms with van der Waals surface area (Å²) in [6, 6.07) is 13.1. The van der Waals surface area contributed by atoms with Gasteiger partial charge in [-0.15, -0.1) is 0 Å². The Morgan fingerprint density at radius 1 is 1.11 bits per heavy atom. The van der Waals surface area contributed by atoms with E-state index in [4.69, 9.17) is 9.47 Å². The van der Waals surface area contributed by atoms with Crippen LogP contribution >= 0.6 is 0 Å². The van der Waals surface area contributed by atoms with E-state index in [2.05, 4.69) is 5.32 Å². The van der Waals surface area contributed by atoms with E-state index in [0.29, 0.717) is 11.5 Å². The Morgan fingerprint density at radius 2 is 1.74 bits per heavy atom. The second-order valence-corrected chi connectivity index (χ2v) is 8.23. The number of para-hydroxylation sites is 1. The summed E-state index contributed by atoms with van der Waals surface area (Å²) in [7, 11) is 1.02. The van der Waals surface area contributed by atoms with Gasteiger partial charge in [0.1, 0.15) is 11.5 Å². The summed E-state index contributed by atoms with van der Waals surface area (Å²) >= 11 is 0. The van der Waals surface area contributed by atoms with Crippen molar-refractivity contribution in [1.29, 1.82) is 0 Å². The highest BCUT2D eigenvalue weighted by Crippen LogP contribution is 2.24. The maximum absolute atomic E-state index is 12.1. The number of ether oxygens (including phenoxy) is 2. The van der Waals surface area contributed by atoms with Gasteiger partial charge in [-0.25, -0.2) is 12.7 Å². The van der Waals surface area contributed by atoms with Crippen molar-refractivity contribution in [3.8, 4) is 11.5 Å². The van der Waals surface area contributed by atoms with Crippen molar-refractivity contribution in [2.24, 2.45) is 0 Å². The van der Waals surface area contributed by atoms with Crippen LogP contribution in [-0.2, 0) is 14.8 Å². The van der Waals surface area contributed by atoms with Crippen molar-refractivity contribution in [1.82, 2.24) is 9.62 Å². The molecule has 0 saturated carbocycles. The highest BCUT2D eigenvalue weighted by Gasteiger charge is 2.17. The van der Waals surface area contributed by atoms with Crippen LogP contribution in [0.3, 0.4) is 0 Å². The minimum absolute atomic E-state index is 0.161. The molecule has 27 heavy (non-hydrogen) atoms. The number of carbonyl (C=O) groups excluding carboxylic acids is 1. The Morgan fingerprint density at radius 3 is 2.33 bits per heavy atom. The molecule has 0 aromatic heterocycles. The molecule has 1 unspecified atom stereocenters. The SMILES string of the molecule is COc1ccccc1C(C)NC(=O)COc1ccc(S(=O)(=O)N(C)C)cc1. The van der Waals surface area contributed by atoms with Crippen molar-refractivity contribution < 1.29 is 22.7 Å². The first kappa shape index (κ1) is 20.7. The summed E-state index contributed by atoms with van der Waals surface area (Å²) < 4.78 is 35.9. The summed E-state index contributed by atoms with van der Waals surface area (Å²) in [4.78, 5) is 12.3. The van der Waals surface area contributed by atoms with Gasteiger partial charge in [0.2, 0.25) is 10.0 Å². The Bertz CT molecular complexity index is 879. The first-order valence-electron chi connectivity index (χ1n) is 8.33. The number of nitrogens with one attached hydrogen (secondary N) is 1. The van der Waals surface area contributed by atoms with E-state index in [1.54, 1.807) is 7.11 Å². The van der Waals surface area contributed by atoms with E-state index in [0.717, 1.165) is 9.87 Å². The van der Waals surface area contributed by atoms with Gasteiger partial charge in [0.05, 0.1) is 18.0 Å². The zero-order valence-corrected chi connectivity index (χ0v) is 16.6. The molecule has 8 heteroatoms. The lowest BCUT2D eigenvalue weighted by atomic mass is 10.1. The van der Waals surface area contributed by atoms with Crippen LogP contribution in [0, 0.1) is 0 Å². The fourth-order valence-electron chi connectivity index (χ4n) is 2.45. The van der Waals surface area contributed by atoms with E-state index in [1.807, 2.05) is 31.2 Å². The van der Waals surface area contributed by atoms with Gasteiger partial charge < -0.3 is 14.8 Å². The summed E-state index contributed by atoms with van der Waals surface area (Å²) in [6.45, 7) is 1.68. The third-order valence-corrected chi connectivity index (χ3v) is 5.78. The van der Waals surface area contributed by atoms with Crippen LogP contribution in [-0.4, -0.2) is 46.4 Å². The molecule has 0 saturated heterocycles. The number of benzene rings is 2. The fourth-order valence-corrected chi connectivity index (χ4v) is 3.35. The molecule has 0 heterocycles. The van der Waals surface area contributed by atoms with Crippen molar-refractivity contribution in [2.45, 2.75) is 17.9 Å². The van der Waals surface area contributed by atoms with Gasteiger partial charge in [-0.3, -0.25) is 4.79 Å².